The Kier molecular flexibility index (Phi) is 8.19. The molecule has 0 aliphatic rings. The van der Waals surface area contributed by atoms with E-state index in [-0.39, 0.29) is 0 Å². The average molecular weight is 739 g/mol. The molecule has 0 saturated carbocycles. The minimum atomic E-state index is 1.10. The van der Waals surface area contributed by atoms with Crippen LogP contribution in [0.2, 0.25) is 0 Å². The first-order chi connectivity index (χ1) is 28.7. The van der Waals surface area contributed by atoms with Gasteiger partial charge in [-0.05, 0) is 122 Å². The lowest BCUT2D eigenvalue weighted by Crippen LogP contribution is -2.09. The van der Waals surface area contributed by atoms with Crippen LogP contribution in [0.4, 0.5) is 17.1 Å². The first kappa shape index (κ1) is 33.6. The molecule has 11 aromatic rings. The average Bonchev–Trinajstić information content (AvgIpc) is 3.63. The summed E-state index contributed by atoms with van der Waals surface area (Å²) in [5, 5.41) is 7.44. The molecule has 0 spiro atoms. The highest BCUT2D eigenvalue weighted by Crippen LogP contribution is 2.40. The van der Waals surface area contributed by atoms with E-state index < -0.39 is 0 Å². The lowest BCUT2D eigenvalue weighted by atomic mass is 10.00. The van der Waals surface area contributed by atoms with E-state index in [1.807, 2.05) is 0 Å². The minimum absolute atomic E-state index is 1.10. The molecule has 10 aromatic carbocycles. The molecule has 0 bridgehead atoms. The fraction of sp³-hybridized carbons (Fsp3) is 0. The van der Waals surface area contributed by atoms with Crippen molar-refractivity contribution in [3.8, 4) is 39.1 Å². The second kappa shape index (κ2) is 14.1. The van der Waals surface area contributed by atoms with Crippen molar-refractivity contribution in [2.75, 3.05) is 4.90 Å². The van der Waals surface area contributed by atoms with Crippen molar-refractivity contribution in [1.82, 2.24) is 4.57 Å². The maximum Gasteiger partial charge on any atom is 0.0541 e. The van der Waals surface area contributed by atoms with Gasteiger partial charge >= 0.3 is 0 Å². The summed E-state index contributed by atoms with van der Waals surface area (Å²) in [6, 6.07) is 83.7. The highest BCUT2D eigenvalue weighted by Gasteiger charge is 2.16. The maximum atomic E-state index is 2.40. The second-order valence-electron chi connectivity index (χ2n) is 15.0. The summed E-state index contributed by atoms with van der Waals surface area (Å²) in [5.41, 5.74) is 14.1. The van der Waals surface area contributed by atoms with Gasteiger partial charge in [-0.3, -0.25) is 0 Å². The van der Waals surface area contributed by atoms with Gasteiger partial charge in [0.2, 0.25) is 0 Å². The van der Waals surface area contributed by atoms with Gasteiger partial charge in [0.15, 0.2) is 0 Å². The predicted octanol–water partition coefficient (Wildman–Crippen LogP) is 15.6. The number of para-hydroxylation sites is 1. The SMILES string of the molecule is c1ccc(-c2ccc(-c3ccc(N(c4ccc(-c5ccc6c(c5)c5ccccc5n6-c5ccc6ccccc6c5)cc4)c4ccc5ccccc5c4)cc3)cc2)cc1. The third-order valence-corrected chi connectivity index (χ3v) is 11.6. The van der Waals surface area contributed by atoms with Gasteiger partial charge in [-0.25, -0.2) is 0 Å². The first-order valence-corrected chi connectivity index (χ1v) is 19.9. The van der Waals surface area contributed by atoms with Gasteiger partial charge in [0.25, 0.3) is 0 Å². The zero-order chi connectivity index (χ0) is 38.4. The van der Waals surface area contributed by atoms with Crippen molar-refractivity contribution in [1.29, 1.82) is 0 Å². The van der Waals surface area contributed by atoms with Crippen LogP contribution in [0.5, 0.6) is 0 Å². The van der Waals surface area contributed by atoms with Crippen molar-refractivity contribution >= 4 is 60.4 Å². The molecule has 2 nitrogen and oxygen atoms in total. The van der Waals surface area contributed by atoms with E-state index in [4.69, 9.17) is 0 Å². The molecule has 0 aliphatic heterocycles. The minimum Gasteiger partial charge on any atom is -0.310 e. The van der Waals surface area contributed by atoms with Gasteiger partial charge < -0.3 is 9.47 Å². The van der Waals surface area contributed by atoms with Crippen molar-refractivity contribution < 1.29 is 0 Å². The van der Waals surface area contributed by atoms with Crippen LogP contribution in [0.3, 0.4) is 0 Å². The number of rotatable bonds is 7. The molecular weight excluding hydrogens is 701 g/mol. The van der Waals surface area contributed by atoms with Crippen LogP contribution < -0.4 is 4.90 Å². The molecule has 0 aliphatic carbocycles. The summed E-state index contributed by atoms with van der Waals surface area (Å²) in [7, 11) is 0. The monoisotopic (exact) mass is 738 g/mol. The molecule has 0 N–H and O–H groups in total. The molecule has 0 amide bonds. The Morgan fingerprint density at radius 1 is 0.259 bits per heavy atom. The van der Waals surface area contributed by atoms with Gasteiger partial charge in [0.05, 0.1) is 11.0 Å². The summed E-state index contributed by atoms with van der Waals surface area (Å²) in [4.78, 5) is 2.36. The normalized spacial score (nSPS) is 11.4. The fourth-order valence-corrected chi connectivity index (χ4v) is 8.60. The van der Waals surface area contributed by atoms with E-state index in [1.165, 1.54) is 82.4 Å². The Morgan fingerprint density at radius 3 is 1.36 bits per heavy atom. The standard InChI is InChI=1S/C56H38N2/c1-2-10-39(11-3-1)42-18-20-43(21-19-42)44-22-29-49(30-23-44)57(51-33-26-40-12-4-6-14-46(40)36-51)50-31-24-45(25-32-50)48-28-35-56-54(38-48)53-16-8-9-17-55(53)58(56)52-34-27-41-13-5-7-15-47(41)37-52/h1-38H. The zero-order valence-corrected chi connectivity index (χ0v) is 31.8. The number of benzene rings is 10. The fourth-order valence-electron chi connectivity index (χ4n) is 8.60. The van der Waals surface area contributed by atoms with Crippen molar-refractivity contribution in [3.05, 3.63) is 231 Å². The summed E-state index contributed by atoms with van der Waals surface area (Å²) in [5.74, 6) is 0. The molecule has 2 heteroatoms. The van der Waals surface area contributed by atoms with Crippen LogP contribution in [0.1, 0.15) is 0 Å². The Morgan fingerprint density at radius 2 is 0.707 bits per heavy atom. The molecule has 1 aromatic heterocycles. The predicted molar refractivity (Wildman–Crippen MR) is 247 cm³/mol. The van der Waals surface area contributed by atoms with Gasteiger partial charge in [0.1, 0.15) is 0 Å². The summed E-state index contributed by atoms with van der Waals surface area (Å²) in [6.45, 7) is 0. The van der Waals surface area contributed by atoms with Crippen LogP contribution in [-0.2, 0) is 0 Å². The Hall–Kier alpha value is -7.68. The summed E-state index contributed by atoms with van der Waals surface area (Å²) in [6.07, 6.45) is 0. The highest BCUT2D eigenvalue weighted by molar-refractivity contribution is 6.10. The van der Waals surface area contributed by atoms with E-state index in [0.29, 0.717) is 0 Å². The molecule has 0 radical (unpaired) electrons. The van der Waals surface area contributed by atoms with Crippen LogP contribution in [0.25, 0.3) is 82.4 Å². The van der Waals surface area contributed by atoms with Crippen molar-refractivity contribution in [2.45, 2.75) is 0 Å². The smallest absolute Gasteiger partial charge is 0.0541 e. The largest absolute Gasteiger partial charge is 0.310 e. The molecule has 58 heavy (non-hydrogen) atoms. The van der Waals surface area contributed by atoms with E-state index >= 15 is 0 Å². The van der Waals surface area contributed by atoms with Crippen LogP contribution in [-0.4, -0.2) is 4.57 Å². The highest BCUT2D eigenvalue weighted by atomic mass is 15.1. The van der Waals surface area contributed by atoms with E-state index in [2.05, 4.69) is 240 Å². The first-order valence-electron chi connectivity index (χ1n) is 19.9. The quantitative estimate of drug-likeness (QED) is 0.158. The summed E-state index contributed by atoms with van der Waals surface area (Å²) < 4.78 is 2.40. The lowest BCUT2D eigenvalue weighted by Gasteiger charge is -2.26. The molecule has 0 atom stereocenters. The van der Waals surface area contributed by atoms with Crippen molar-refractivity contribution in [2.24, 2.45) is 0 Å². The molecule has 0 saturated heterocycles. The third-order valence-electron chi connectivity index (χ3n) is 11.6. The van der Waals surface area contributed by atoms with E-state index in [0.717, 1.165) is 17.1 Å². The van der Waals surface area contributed by atoms with Gasteiger partial charge in [-0.1, -0.05) is 164 Å². The van der Waals surface area contributed by atoms with Crippen LogP contribution in [0.15, 0.2) is 231 Å². The number of hydrogen-bond donors (Lipinski definition) is 0. The van der Waals surface area contributed by atoms with Gasteiger partial charge in [-0.15, -0.1) is 0 Å². The number of aromatic nitrogens is 1. The Balaban J connectivity index is 0.956. The Bertz CT molecular complexity index is 3250. The topological polar surface area (TPSA) is 8.17 Å². The molecular formula is C56H38N2. The van der Waals surface area contributed by atoms with Crippen molar-refractivity contribution in [3.63, 3.8) is 0 Å². The van der Waals surface area contributed by atoms with Gasteiger partial charge in [-0.2, -0.15) is 0 Å². The molecule has 0 fully saturated rings. The lowest BCUT2D eigenvalue weighted by molar-refractivity contribution is 1.19. The number of nitrogens with zero attached hydrogens (tertiary/aromatic N) is 2. The molecule has 272 valence electrons. The zero-order valence-electron chi connectivity index (χ0n) is 31.8. The number of fused-ring (bicyclic) bond motifs is 5. The Labute approximate surface area is 338 Å². The maximum absolute atomic E-state index is 2.40. The van der Waals surface area contributed by atoms with Crippen LogP contribution in [0, 0.1) is 0 Å². The van der Waals surface area contributed by atoms with E-state index in [9.17, 15) is 0 Å². The van der Waals surface area contributed by atoms with Gasteiger partial charge in [0, 0.05) is 33.5 Å². The molecule has 11 rings (SSSR count). The second-order valence-corrected chi connectivity index (χ2v) is 15.0. The summed E-state index contributed by atoms with van der Waals surface area (Å²) >= 11 is 0. The third kappa shape index (κ3) is 6.00. The number of hydrogen-bond acceptors (Lipinski definition) is 1. The van der Waals surface area contributed by atoms with Crippen LogP contribution >= 0.6 is 0 Å². The molecule has 1 heterocycles. The number of anilines is 3. The van der Waals surface area contributed by atoms with E-state index in [1.54, 1.807) is 0 Å². The molecule has 0 unspecified atom stereocenters.